The number of hydrogen-bond acceptors (Lipinski definition) is 3. The molecule has 1 aliphatic rings. The Kier molecular flexibility index (Phi) is 2.83. The first-order chi connectivity index (χ1) is 9.15. The number of aliphatic hydroxyl groups excluding tert-OH is 1. The highest BCUT2D eigenvalue weighted by Gasteiger charge is 2.32. The van der Waals surface area contributed by atoms with Crippen molar-refractivity contribution in [3.05, 3.63) is 53.3 Å². The second-order valence-electron chi connectivity index (χ2n) is 4.80. The molecule has 0 aliphatic heterocycles. The van der Waals surface area contributed by atoms with Crippen LogP contribution in [0.5, 0.6) is 0 Å². The Morgan fingerprint density at radius 1 is 1.42 bits per heavy atom. The molecule has 1 amide bonds. The van der Waals surface area contributed by atoms with Gasteiger partial charge in [-0.25, -0.2) is 0 Å². The van der Waals surface area contributed by atoms with Crippen LogP contribution in [0, 0.1) is 0 Å². The van der Waals surface area contributed by atoms with E-state index in [0.29, 0.717) is 12.1 Å². The molecule has 0 saturated heterocycles. The standard InChI is InChI=1S/C14H15N3O2/c1-17-7-6-11(16-17)14(19)15-13-10-5-3-2-4-9(10)8-12(13)18/h2-7,12-13,18H,8H2,1H3,(H,15,19)/t12-,13+/m0/s1. The summed E-state index contributed by atoms with van der Waals surface area (Å²) in [6, 6.07) is 9.07. The zero-order valence-corrected chi connectivity index (χ0v) is 10.6. The van der Waals surface area contributed by atoms with E-state index in [4.69, 9.17) is 0 Å². The van der Waals surface area contributed by atoms with Crippen LogP contribution in [-0.2, 0) is 13.5 Å². The molecular formula is C14H15N3O2. The number of aryl methyl sites for hydroxylation is 1. The predicted molar refractivity (Wildman–Crippen MR) is 69.6 cm³/mol. The number of aromatic nitrogens is 2. The summed E-state index contributed by atoms with van der Waals surface area (Å²) >= 11 is 0. The minimum atomic E-state index is -0.579. The van der Waals surface area contributed by atoms with Gasteiger partial charge in [0.05, 0.1) is 12.1 Å². The summed E-state index contributed by atoms with van der Waals surface area (Å²) in [5.41, 5.74) is 2.43. The highest BCUT2D eigenvalue weighted by molar-refractivity contribution is 5.92. The molecule has 98 valence electrons. The first kappa shape index (κ1) is 11.9. The lowest BCUT2D eigenvalue weighted by Gasteiger charge is -2.17. The molecule has 0 unspecified atom stereocenters. The van der Waals surface area contributed by atoms with Crippen molar-refractivity contribution in [1.82, 2.24) is 15.1 Å². The maximum atomic E-state index is 12.1. The van der Waals surface area contributed by atoms with E-state index < -0.39 is 6.10 Å². The first-order valence-corrected chi connectivity index (χ1v) is 6.21. The summed E-state index contributed by atoms with van der Waals surface area (Å²) in [5, 5.41) is 17.0. The number of fused-ring (bicyclic) bond motifs is 1. The van der Waals surface area contributed by atoms with Gasteiger partial charge < -0.3 is 10.4 Å². The van der Waals surface area contributed by atoms with Crippen molar-refractivity contribution in [2.45, 2.75) is 18.6 Å². The van der Waals surface area contributed by atoms with E-state index in [2.05, 4.69) is 10.4 Å². The average Bonchev–Trinajstić information content (AvgIpc) is 2.95. The van der Waals surface area contributed by atoms with E-state index >= 15 is 0 Å². The lowest BCUT2D eigenvalue weighted by Crippen LogP contribution is -2.34. The predicted octanol–water partition coefficient (Wildman–Crippen LogP) is 0.808. The number of hydrogen-bond donors (Lipinski definition) is 2. The molecule has 0 bridgehead atoms. The van der Waals surface area contributed by atoms with E-state index in [1.165, 1.54) is 0 Å². The molecule has 0 fully saturated rings. The van der Waals surface area contributed by atoms with E-state index in [1.807, 2.05) is 24.3 Å². The van der Waals surface area contributed by atoms with Gasteiger partial charge >= 0.3 is 0 Å². The summed E-state index contributed by atoms with van der Waals surface area (Å²) in [7, 11) is 1.76. The summed E-state index contributed by atoms with van der Waals surface area (Å²) < 4.78 is 1.58. The largest absolute Gasteiger partial charge is 0.390 e. The van der Waals surface area contributed by atoms with Gasteiger partial charge in [-0.1, -0.05) is 24.3 Å². The minimum Gasteiger partial charge on any atom is -0.390 e. The summed E-state index contributed by atoms with van der Waals surface area (Å²) in [6.45, 7) is 0. The Bertz CT molecular complexity index is 621. The Balaban J connectivity index is 1.82. The van der Waals surface area contributed by atoms with Crippen LogP contribution in [0.4, 0.5) is 0 Å². The van der Waals surface area contributed by atoms with Crippen LogP contribution in [0.3, 0.4) is 0 Å². The van der Waals surface area contributed by atoms with Gasteiger partial charge in [0, 0.05) is 19.7 Å². The minimum absolute atomic E-state index is 0.263. The summed E-state index contributed by atoms with van der Waals surface area (Å²) in [6.07, 6.45) is 1.71. The number of nitrogens with one attached hydrogen (secondary N) is 1. The highest BCUT2D eigenvalue weighted by atomic mass is 16.3. The van der Waals surface area contributed by atoms with Crippen molar-refractivity contribution in [1.29, 1.82) is 0 Å². The fourth-order valence-corrected chi connectivity index (χ4v) is 2.50. The second kappa shape index (κ2) is 4.51. The molecule has 5 heteroatoms. The third kappa shape index (κ3) is 2.13. The van der Waals surface area contributed by atoms with Gasteiger partial charge in [-0.05, 0) is 17.2 Å². The molecule has 5 nitrogen and oxygen atoms in total. The zero-order chi connectivity index (χ0) is 13.4. The maximum Gasteiger partial charge on any atom is 0.272 e. The molecule has 3 rings (SSSR count). The van der Waals surface area contributed by atoms with Gasteiger partial charge in [0.2, 0.25) is 0 Å². The molecule has 19 heavy (non-hydrogen) atoms. The number of carbonyl (C=O) groups excluding carboxylic acids is 1. The number of rotatable bonds is 2. The van der Waals surface area contributed by atoms with Crippen LogP contribution >= 0.6 is 0 Å². The first-order valence-electron chi connectivity index (χ1n) is 6.21. The molecule has 2 aromatic rings. The quantitative estimate of drug-likeness (QED) is 0.836. The van der Waals surface area contributed by atoms with E-state index in [0.717, 1.165) is 11.1 Å². The molecule has 1 aromatic carbocycles. The number of carbonyl (C=O) groups is 1. The third-order valence-electron chi connectivity index (χ3n) is 3.44. The third-order valence-corrected chi connectivity index (χ3v) is 3.44. The maximum absolute atomic E-state index is 12.1. The van der Waals surface area contributed by atoms with Crippen molar-refractivity contribution in [2.75, 3.05) is 0 Å². The SMILES string of the molecule is Cn1ccc(C(=O)N[C@@H]2c3ccccc3C[C@@H]2O)n1. The molecule has 0 saturated carbocycles. The van der Waals surface area contributed by atoms with E-state index in [9.17, 15) is 9.90 Å². The number of nitrogens with zero attached hydrogens (tertiary/aromatic N) is 2. The lowest BCUT2D eigenvalue weighted by atomic mass is 10.1. The van der Waals surface area contributed by atoms with Gasteiger partial charge in [0.25, 0.3) is 5.91 Å². The van der Waals surface area contributed by atoms with Crippen LogP contribution in [0.25, 0.3) is 0 Å². The van der Waals surface area contributed by atoms with Crippen LogP contribution in [0.2, 0.25) is 0 Å². The van der Waals surface area contributed by atoms with Gasteiger partial charge in [0.1, 0.15) is 5.69 Å². The van der Waals surface area contributed by atoms with Gasteiger partial charge in [-0.15, -0.1) is 0 Å². The highest BCUT2D eigenvalue weighted by Crippen LogP contribution is 2.31. The van der Waals surface area contributed by atoms with Gasteiger partial charge in [-0.3, -0.25) is 9.48 Å². The molecular weight excluding hydrogens is 242 g/mol. The molecule has 0 radical (unpaired) electrons. The van der Waals surface area contributed by atoms with Gasteiger partial charge in [-0.2, -0.15) is 5.10 Å². The Labute approximate surface area is 110 Å². The second-order valence-corrected chi connectivity index (χ2v) is 4.80. The summed E-state index contributed by atoms with van der Waals surface area (Å²) in [5.74, 6) is -0.263. The Hall–Kier alpha value is -2.14. The number of amides is 1. The number of benzene rings is 1. The van der Waals surface area contributed by atoms with E-state index in [1.54, 1.807) is 24.0 Å². The molecule has 2 atom stereocenters. The molecule has 1 aliphatic carbocycles. The monoisotopic (exact) mass is 257 g/mol. The van der Waals surface area contributed by atoms with Crippen molar-refractivity contribution in [3.8, 4) is 0 Å². The number of aliphatic hydroxyl groups is 1. The summed E-state index contributed by atoms with van der Waals surface area (Å²) in [4.78, 5) is 12.1. The molecule has 1 aromatic heterocycles. The zero-order valence-electron chi connectivity index (χ0n) is 10.6. The van der Waals surface area contributed by atoms with Crippen LogP contribution in [0.1, 0.15) is 27.7 Å². The average molecular weight is 257 g/mol. The van der Waals surface area contributed by atoms with Crippen molar-refractivity contribution in [2.24, 2.45) is 7.05 Å². The van der Waals surface area contributed by atoms with Crippen molar-refractivity contribution < 1.29 is 9.90 Å². The van der Waals surface area contributed by atoms with E-state index in [-0.39, 0.29) is 11.9 Å². The normalized spacial score (nSPS) is 21.2. The topological polar surface area (TPSA) is 67.2 Å². The smallest absolute Gasteiger partial charge is 0.272 e. The van der Waals surface area contributed by atoms with Crippen LogP contribution in [-0.4, -0.2) is 26.9 Å². The molecule has 2 N–H and O–H groups in total. The lowest BCUT2D eigenvalue weighted by molar-refractivity contribution is 0.0852. The fourth-order valence-electron chi connectivity index (χ4n) is 2.50. The van der Waals surface area contributed by atoms with Crippen LogP contribution in [0.15, 0.2) is 36.5 Å². The van der Waals surface area contributed by atoms with Crippen molar-refractivity contribution >= 4 is 5.91 Å². The Morgan fingerprint density at radius 3 is 2.95 bits per heavy atom. The molecule has 1 heterocycles. The fraction of sp³-hybridized carbons (Fsp3) is 0.286. The molecule has 0 spiro atoms. The van der Waals surface area contributed by atoms with Gasteiger partial charge in [0.15, 0.2) is 0 Å². The Morgan fingerprint density at radius 2 is 2.21 bits per heavy atom. The van der Waals surface area contributed by atoms with Crippen LogP contribution < -0.4 is 5.32 Å². The van der Waals surface area contributed by atoms with Crippen molar-refractivity contribution in [3.63, 3.8) is 0 Å².